The molecule has 0 saturated carbocycles. The van der Waals surface area contributed by atoms with E-state index in [0.29, 0.717) is 18.4 Å². The average Bonchev–Trinajstić information content (AvgIpc) is 2.95. The summed E-state index contributed by atoms with van der Waals surface area (Å²) in [5.41, 5.74) is 0. The lowest BCUT2D eigenvalue weighted by Gasteiger charge is -2.24. The molecule has 106 valence electrons. The molecule has 2 rings (SSSR count). The van der Waals surface area contributed by atoms with Crippen LogP contribution in [-0.2, 0) is 9.47 Å². The van der Waals surface area contributed by atoms with E-state index in [-0.39, 0.29) is 11.9 Å². The first-order chi connectivity index (χ1) is 9.20. The predicted molar refractivity (Wildman–Crippen MR) is 70.1 cm³/mol. The standard InChI is InChI=1S/C14H21NO4/c1-10(18-9-11-5-3-4-8-15-11)12-6-7-13(19-12)14(16)17-2/h6-7,10-11,15H,3-5,8-9H2,1-2H3. The van der Waals surface area contributed by atoms with Crippen molar-refractivity contribution in [3.05, 3.63) is 23.7 Å². The fourth-order valence-electron chi connectivity index (χ4n) is 2.19. The van der Waals surface area contributed by atoms with Crippen LogP contribution in [0.5, 0.6) is 0 Å². The molecule has 0 aromatic carbocycles. The Hall–Kier alpha value is -1.33. The van der Waals surface area contributed by atoms with Gasteiger partial charge in [0.15, 0.2) is 0 Å². The lowest BCUT2D eigenvalue weighted by atomic mass is 10.1. The van der Waals surface area contributed by atoms with Crippen molar-refractivity contribution in [2.75, 3.05) is 20.3 Å². The van der Waals surface area contributed by atoms with Gasteiger partial charge in [0.25, 0.3) is 0 Å². The second-order valence-electron chi connectivity index (χ2n) is 4.82. The van der Waals surface area contributed by atoms with E-state index < -0.39 is 5.97 Å². The lowest BCUT2D eigenvalue weighted by Crippen LogP contribution is -2.37. The van der Waals surface area contributed by atoms with Crippen molar-refractivity contribution in [2.24, 2.45) is 0 Å². The molecule has 2 atom stereocenters. The molecule has 1 saturated heterocycles. The van der Waals surface area contributed by atoms with E-state index in [9.17, 15) is 4.79 Å². The van der Waals surface area contributed by atoms with E-state index in [1.165, 1.54) is 20.0 Å². The molecule has 0 aliphatic carbocycles. The van der Waals surface area contributed by atoms with Crippen LogP contribution in [0.3, 0.4) is 0 Å². The van der Waals surface area contributed by atoms with Crippen LogP contribution in [-0.4, -0.2) is 32.3 Å². The number of carbonyl (C=O) groups excluding carboxylic acids is 1. The van der Waals surface area contributed by atoms with E-state index in [2.05, 4.69) is 10.1 Å². The average molecular weight is 267 g/mol. The molecular weight excluding hydrogens is 246 g/mol. The van der Waals surface area contributed by atoms with Crippen molar-refractivity contribution >= 4 is 5.97 Å². The number of esters is 1. The molecule has 2 heterocycles. The molecule has 1 aromatic rings. The first-order valence-electron chi connectivity index (χ1n) is 6.73. The minimum Gasteiger partial charge on any atom is -0.463 e. The Morgan fingerprint density at radius 3 is 3.05 bits per heavy atom. The van der Waals surface area contributed by atoms with Crippen LogP contribution in [0.4, 0.5) is 0 Å². The van der Waals surface area contributed by atoms with Crippen LogP contribution in [0.25, 0.3) is 0 Å². The van der Waals surface area contributed by atoms with Gasteiger partial charge in [-0.05, 0) is 38.4 Å². The topological polar surface area (TPSA) is 60.7 Å². The fourth-order valence-corrected chi connectivity index (χ4v) is 2.19. The second kappa shape index (κ2) is 6.73. The molecule has 1 N–H and O–H groups in total. The molecule has 19 heavy (non-hydrogen) atoms. The van der Waals surface area contributed by atoms with Gasteiger partial charge in [0.2, 0.25) is 5.76 Å². The summed E-state index contributed by atoms with van der Waals surface area (Å²) in [7, 11) is 1.33. The van der Waals surface area contributed by atoms with Gasteiger partial charge in [-0.3, -0.25) is 0 Å². The Bertz CT molecular complexity index is 409. The minimum absolute atomic E-state index is 0.165. The number of hydrogen-bond donors (Lipinski definition) is 1. The summed E-state index contributed by atoms with van der Waals surface area (Å²) in [6.07, 6.45) is 3.48. The highest BCUT2D eigenvalue weighted by atomic mass is 16.5. The Morgan fingerprint density at radius 1 is 1.53 bits per heavy atom. The van der Waals surface area contributed by atoms with Crippen LogP contribution in [0.15, 0.2) is 16.5 Å². The molecule has 0 bridgehead atoms. The molecule has 1 aliphatic rings. The number of piperidine rings is 1. The van der Waals surface area contributed by atoms with E-state index in [0.717, 1.165) is 13.0 Å². The summed E-state index contributed by atoms with van der Waals surface area (Å²) in [5.74, 6) is 0.396. The zero-order valence-corrected chi connectivity index (χ0v) is 11.5. The summed E-state index contributed by atoms with van der Waals surface area (Å²) in [5, 5.41) is 3.43. The summed E-state index contributed by atoms with van der Waals surface area (Å²) in [6, 6.07) is 3.79. The maximum absolute atomic E-state index is 11.3. The molecule has 1 aromatic heterocycles. The van der Waals surface area contributed by atoms with Crippen LogP contribution >= 0.6 is 0 Å². The van der Waals surface area contributed by atoms with E-state index in [1.807, 2.05) is 6.92 Å². The molecule has 5 heteroatoms. The third-order valence-corrected chi connectivity index (χ3v) is 3.37. The van der Waals surface area contributed by atoms with Crippen molar-refractivity contribution < 1.29 is 18.7 Å². The lowest BCUT2D eigenvalue weighted by molar-refractivity contribution is 0.0292. The monoisotopic (exact) mass is 267 g/mol. The maximum atomic E-state index is 11.3. The van der Waals surface area contributed by atoms with Gasteiger partial charge in [0.05, 0.1) is 13.7 Å². The Morgan fingerprint density at radius 2 is 2.37 bits per heavy atom. The van der Waals surface area contributed by atoms with Crippen molar-refractivity contribution in [3.8, 4) is 0 Å². The molecule has 0 spiro atoms. The van der Waals surface area contributed by atoms with Gasteiger partial charge in [-0.25, -0.2) is 4.79 Å². The number of nitrogens with one attached hydrogen (secondary N) is 1. The fraction of sp³-hybridized carbons (Fsp3) is 0.643. The van der Waals surface area contributed by atoms with Crippen LogP contribution in [0, 0.1) is 0 Å². The van der Waals surface area contributed by atoms with Crippen LogP contribution in [0.1, 0.15) is 48.6 Å². The van der Waals surface area contributed by atoms with E-state index in [4.69, 9.17) is 9.15 Å². The van der Waals surface area contributed by atoms with Crippen molar-refractivity contribution in [1.29, 1.82) is 0 Å². The maximum Gasteiger partial charge on any atom is 0.373 e. The van der Waals surface area contributed by atoms with Gasteiger partial charge in [-0.15, -0.1) is 0 Å². The number of methoxy groups -OCH3 is 1. The SMILES string of the molecule is COC(=O)c1ccc(C(C)OCC2CCCCN2)o1. The van der Waals surface area contributed by atoms with Crippen LogP contribution in [0.2, 0.25) is 0 Å². The first kappa shape index (κ1) is 14.1. The molecule has 2 unspecified atom stereocenters. The van der Waals surface area contributed by atoms with Gasteiger partial charge in [0, 0.05) is 6.04 Å². The number of carbonyl (C=O) groups is 1. The number of ether oxygens (including phenoxy) is 2. The van der Waals surface area contributed by atoms with Crippen LogP contribution < -0.4 is 5.32 Å². The van der Waals surface area contributed by atoms with Gasteiger partial charge >= 0.3 is 5.97 Å². The number of hydrogen-bond acceptors (Lipinski definition) is 5. The van der Waals surface area contributed by atoms with Gasteiger partial charge in [0.1, 0.15) is 11.9 Å². The van der Waals surface area contributed by atoms with E-state index in [1.54, 1.807) is 12.1 Å². The Kier molecular flexibility index (Phi) is 4.99. The second-order valence-corrected chi connectivity index (χ2v) is 4.82. The first-order valence-corrected chi connectivity index (χ1v) is 6.73. The van der Waals surface area contributed by atoms with Gasteiger partial charge in [-0.1, -0.05) is 6.42 Å². The number of rotatable bonds is 5. The summed E-state index contributed by atoms with van der Waals surface area (Å²) in [6.45, 7) is 3.65. The Labute approximate surface area is 113 Å². The molecule has 0 amide bonds. The summed E-state index contributed by atoms with van der Waals surface area (Å²) >= 11 is 0. The molecular formula is C14H21NO4. The highest BCUT2D eigenvalue weighted by molar-refractivity contribution is 5.86. The zero-order valence-electron chi connectivity index (χ0n) is 11.5. The van der Waals surface area contributed by atoms with Crippen molar-refractivity contribution in [1.82, 2.24) is 5.32 Å². The van der Waals surface area contributed by atoms with Crippen molar-refractivity contribution in [3.63, 3.8) is 0 Å². The highest BCUT2D eigenvalue weighted by Gasteiger charge is 2.18. The van der Waals surface area contributed by atoms with Gasteiger partial charge in [-0.2, -0.15) is 0 Å². The predicted octanol–water partition coefficient (Wildman–Crippen LogP) is 2.29. The minimum atomic E-state index is -0.465. The quantitative estimate of drug-likeness (QED) is 0.829. The number of furan rings is 1. The van der Waals surface area contributed by atoms with Crippen molar-refractivity contribution in [2.45, 2.75) is 38.3 Å². The largest absolute Gasteiger partial charge is 0.463 e. The highest BCUT2D eigenvalue weighted by Crippen LogP contribution is 2.21. The smallest absolute Gasteiger partial charge is 0.373 e. The van der Waals surface area contributed by atoms with E-state index >= 15 is 0 Å². The molecule has 1 fully saturated rings. The zero-order chi connectivity index (χ0) is 13.7. The normalized spacial score (nSPS) is 21.1. The molecule has 5 nitrogen and oxygen atoms in total. The third-order valence-electron chi connectivity index (χ3n) is 3.37. The Balaban J connectivity index is 1.83. The third kappa shape index (κ3) is 3.81. The summed E-state index contributed by atoms with van der Waals surface area (Å²) in [4.78, 5) is 11.3. The summed E-state index contributed by atoms with van der Waals surface area (Å²) < 4.78 is 15.8. The molecule has 0 radical (unpaired) electrons. The molecule has 1 aliphatic heterocycles. The van der Waals surface area contributed by atoms with Gasteiger partial charge < -0.3 is 19.2 Å².